The third-order valence-electron chi connectivity index (χ3n) is 5.54. The summed E-state index contributed by atoms with van der Waals surface area (Å²) in [6.45, 7) is 4.90. The summed E-state index contributed by atoms with van der Waals surface area (Å²) in [5.41, 5.74) is 1.00. The molecule has 1 heterocycles. The Morgan fingerprint density at radius 1 is 1.18 bits per heavy atom. The first-order valence-electron chi connectivity index (χ1n) is 9.97. The van der Waals surface area contributed by atoms with E-state index in [4.69, 9.17) is 4.74 Å². The Balaban J connectivity index is 1.52. The maximum Gasteiger partial charge on any atom is 0.391 e. The third kappa shape index (κ3) is 5.02. The fraction of sp³-hybridized carbons (Fsp3) is 0.650. The first kappa shape index (κ1) is 20.6. The third-order valence-corrected chi connectivity index (χ3v) is 5.54. The second-order valence-corrected chi connectivity index (χ2v) is 7.43. The van der Waals surface area contributed by atoms with E-state index in [9.17, 15) is 18.0 Å². The largest absolute Gasteiger partial charge is 0.492 e. The molecule has 0 radical (unpaired) electrons. The van der Waals surface area contributed by atoms with Crippen molar-refractivity contribution in [2.75, 3.05) is 37.7 Å². The van der Waals surface area contributed by atoms with E-state index in [-0.39, 0.29) is 18.9 Å². The van der Waals surface area contributed by atoms with E-state index in [1.807, 2.05) is 31.2 Å². The van der Waals surface area contributed by atoms with Crippen LogP contribution in [0.1, 0.15) is 32.6 Å². The number of para-hydroxylation sites is 2. The van der Waals surface area contributed by atoms with Gasteiger partial charge in [-0.1, -0.05) is 18.6 Å². The first-order valence-corrected chi connectivity index (χ1v) is 9.97. The standard InChI is InChI=1S/C20H28F3N3O2/c1-2-28-18-9-4-3-8-17(18)25-10-12-26(13-11-25)19(27)24-16-7-5-6-15(14-16)20(21,22)23/h3-4,8-9,15-16H,2,5-7,10-14H2,1H3,(H,24,27)/t15-,16-/m0/s1. The molecular weight excluding hydrogens is 371 g/mol. The lowest BCUT2D eigenvalue weighted by Crippen LogP contribution is -2.54. The van der Waals surface area contributed by atoms with Crippen LogP contribution < -0.4 is 15.0 Å². The highest BCUT2D eigenvalue weighted by atomic mass is 19.4. The van der Waals surface area contributed by atoms with E-state index < -0.39 is 18.1 Å². The number of amides is 2. The van der Waals surface area contributed by atoms with Gasteiger partial charge in [0.1, 0.15) is 5.75 Å². The summed E-state index contributed by atoms with van der Waals surface area (Å²) in [4.78, 5) is 16.4. The number of alkyl halides is 3. The van der Waals surface area contributed by atoms with Crippen LogP contribution in [0.2, 0.25) is 0 Å². The van der Waals surface area contributed by atoms with E-state index in [0.29, 0.717) is 45.6 Å². The van der Waals surface area contributed by atoms with E-state index in [2.05, 4.69) is 10.2 Å². The van der Waals surface area contributed by atoms with Crippen molar-refractivity contribution in [2.24, 2.45) is 5.92 Å². The zero-order valence-corrected chi connectivity index (χ0v) is 16.2. The summed E-state index contributed by atoms with van der Waals surface area (Å²) in [5, 5.41) is 2.82. The Kier molecular flexibility index (Phi) is 6.57. The van der Waals surface area contributed by atoms with Gasteiger partial charge in [0.2, 0.25) is 0 Å². The van der Waals surface area contributed by atoms with Crippen LogP contribution in [0.25, 0.3) is 0 Å². The minimum atomic E-state index is -4.18. The van der Waals surface area contributed by atoms with Crippen molar-refractivity contribution in [3.8, 4) is 5.75 Å². The maximum atomic E-state index is 13.0. The van der Waals surface area contributed by atoms with Crippen molar-refractivity contribution < 1.29 is 22.7 Å². The SMILES string of the molecule is CCOc1ccccc1N1CCN(C(=O)N[C@H]2CCC[C@H](C(F)(F)F)C2)CC1. The molecular formula is C20H28F3N3O2. The molecule has 2 amide bonds. The van der Waals surface area contributed by atoms with Gasteiger partial charge in [0.15, 0.2) is 0 Å². The quantitative estimate of drug-likeness (QED) is 0.831. The number of benzene rings is 1. The summed E-state index contributed by atoms with van der Waals surface area (Å²) in [5.74, 6) is -0.484. The first-order chi connectivity index (χ1) is 13.4. The summed E-state index contributed by atoms with van der Waals surface area (Å²) >= 11 is 0. The Bertz CT molecular complexity index is 660. The monoisotopic (exact) mass is 399 g/mol. The molecule has 1 aromatic rings. The summed E-state index contributed by atoms with van der Waals surface area (Å²) in [6, 6.07) is 7.15. The average Bonchev–Trinajstić information content (AvgIpc) is 2.68. The minimum absolute atomic E-state index is 0.0169. The van der Waals surface area contributed by atoms with Gasteiger partial charge >= 0.3 is 12.2 Å². The van der Waals surface area contributed by atoms with Gasteiger partial charge in [0.25, 0.3) is 0 Å². The smallest absolute Gasteiger partial charge is 0.391 e. The van der Waals surface area contributed by atoms with Gasteiger partial charge in [-0.2, -0.15) is 13.2 Å². The Morgan fingerprint density at radius 2 is 1.89 bits per heavy atom. The second-order valence-electron chi connectivity index (χ2n) is 7.43. The van der Waals surface area contributed by atoms with Crippen LogP contribution in [-0.4, -0.2) is 55.9 Å². The average molecular weight is 399 g/mol. The van der Waals surface area contributed by atoms with Gasteiger partial charge < -0.3 is 19.9 Å². The number of carbonyl (C=O) groups is 1. The molecule has 1 aliphatic carbocycles. The molecule has 2 atom stereocenters. The predicted octanol–water partition coefficient (Wildman–Crippen LogP) is 4.04. The normalized spacial score (nSPS) is 23.4. The maximum absolute atomic E-state index is 13.0. The number of nitrogens with one attached hydrogen (secondary N) is 1. The van der Waals surface area contributed by atoms with Crippen LogP contribution in [0.3, 0.4) is 0 Å². The number of hydrogen-bond donors (Lipinski definition) is 1. The number of piperazine rings is 1. The minimum Gasteiger partial charge on any atom is -0.492 e. The highest BCUT2D eigenvalue weighted by Gasteiger charge is 2.42. The lowest BCUT2D eigenvalue weighted by molar-refractivity contribution is -0.183. The van der Waals surface area contributed by atoms with Gasteiger partial charge in [0.05, 0.1) is 18.2 Å². The molecule has 0 spiro atoms. The van der Waals surface area contributed by atoms with Crippen molar-refractivity contribution in [2.45, 2.75) is 44.8 Å². The molecule has 1 saturated carbocycles. The van der Waals surface area contributed by atoms with E-state index in [1.165, 1.54) is 0 Å². The van der Waals surface area contributed by atoms with Crippen LogP contribution in [0.4, 0.5) is 23.7 Å². The number of anilines is 1. The molecule has 8 heteroatoms. The van der Waals surface area contributed by atoms with Crippen molar-refractivity contribution in [1.29, 1.82) is 0 Å². The van der Waals surface area contributed by atoms with Gasteiger partial charge in [-0.3, -0.25) is 0 Å². The number of rotatable bonds is 4. The number of nitrogens with zero attached hydrogens (tertiary/aromatic N) is 2. The van der Waals surface area contributed by atoms with E-state index >= 15 is 0 Å². The molecule has 0 unspecified atom stereocenters. The topological polar surface area (TPSA) is 44.8 Å². The zero-order chi connectivity index (χ0) is 20.1. The zero-order valence-electron chi connectivity index (χ0n) is 16.2. The number of carbonyl (C=O) groups excluding carboxylic acids is 1. The molecule has 1 saturated heterocycles. The predicted molar refractivity (Wildman–Crippen MR) is 102 cm³/mol. The molecule has 3 rings (SSSR count). The molecule has 2 fully saturated rings. The summed E-state index contributed by atoms with van der Waals surface area (Å²) < 4.78 is 44.6. The number of halogens is 3. The fourth-order valence-corrected chi connectivity index (χ4v) is 4.03. The highest BCUT2D eigenvalue weighted by molar-refractivity contribution is 5.75. The molecule has 156 valence electrons. The molecule has 1 N–H and O–H groups in total. The second kappa shape index (κ2) is 8.92. The molecule has 5 nitrogen and oxygen atoms in total. The number of ether oxygens (including phenoxy) is 1. The van der Waals surface area contributed by atoms with E-state index in [1.54, 1.807) is 4.90 Å². The molecule has 2 aliphatic rings. The van der Waals surface area contributed by atoms with E-state index in [0.717, 1.165) is 11.4 Å². The van der Waals surface area contributed by atoms with Crippen LogP contribution >= 0.6 is 0 Å². The number of hydrogen-bond acceptors (Lipinski definition) is 3. The summed E-state index contributed by atoms with van der Waals surface area (Å²) in [7, 11) is 0. The Hall–Kier alpha value is -2.12. The van der Waals surface area contributed by atoms with Crippen LogP contribution in [0.5, 0.6) is 5.75 Å². The van der Waals surface area contributed by atoms with Crippen LogP contribution in [0, 0.1) is 5.92 Å². The van der Waals surface area contributed by atoms with Crippen LogP contribution in [-0.2, 0) is 0 Å². The lowest BCUT2D eigenvalue weighted by Gasteiger charge is -2.38. The Labute approximate surface area is 163 Å². The lowest BCUT2D eigenvalue weighted by atomic mass is 9.85. The summed E-state index contributed by atoms with van der Waals surface area (Å²) in [6.07, 6.45) is -2.93. The molecule has 0 bridgehead atoms. The van der Waals surface area contributed by atoms with Crippen LogP contribution in [0.15, 0.2) is 24.3 Å². The molecule has 28 heavy (non-hydrogen) atoms. The van der Waals surface area contributed by atoms with Gasteiger partial charge in [0, 0.05) is 32.2 Å². The highest BCUT2D eigenvalue weighted by Crippen LogP contribution is 2.37. The molecule has 0 aromatic heterocycles. The van der Waals surface area contributed by atoms with Crippen molar-refractivity contribution in [1.82, 2.24) is 10.2 Å². The van der Waals surface area contributed by atoms with Crippen molar-refractivity contribution >= 4 is 11.7 Å². The van der Waals surface area contributed by atoms with Gasteiger partial charge in [-0.05, 0) is 38.3 Å². The fourth-order valence-electron chi connectivity index (χ4n) is 4.03. The van der Waals surface area contributed by atoms with Crippen molar-refractivity contribution in [3.63, 3.8) is 0 Å². The Morgan fingerprint density at radius 3 is 2.57 bits per heavy atom. The molecule has 1 aromatic carbocycles. The van der Waals surface area contributed by atoms with Gasteiger partial charge in [-0.15, -0.1) is 0 Å². The van der Waals surface area contributed by atoms with Gasteiger partial charge in [-0.25, -0.2) is 4.79 Å². The molecule has 1 aliphatic heterocycles. The van der Waals surface area contributed by atoms with Crippen molar-refractivity contribution in [3.05, 3.63) is 24.3 Å². The number of urea groups is 1.